The maximum absolute atomic E-state index is 12.2. The second-order valence-electron chi connectivity index (χ2n) is 5.52. The lowest BCUT2D eigenvalue weighted by Gasteiger charge is -2.05. The highest BCUT2D eigenvalue weighted by Gasteiger charge is 2.18. The molecule has 0 amide bonds. The van der Waals surface area contributed by atoms with Gasteiger partial charge in [0, 0.05) is 10.8 Å². The van der Waals surface area contributed by atoms with Crippen LogP contribution in [0.15, 0.2) is 30.3 Å². The second-order valence-corrected chi connectivity index (χ2v) is 7.36. The average molecular weight is 287 g/mol. The van der Waals surface area contributed by atoms with Gasteiger partial charge >= 0.3 is 0 Å². The van der Waals surface area contributed by atoms with E-state index >= 15 is 0 Å². The lowest BCUT2D eigenvalue weighted by molar-refractivity contribution is 0.596. The Morgan fingerprint density at radius 1 is 0.900 bits per heavy atom. The molecule has 0 bridgehead atoms. The van der Waals surface area contributed by atoms with Crippen LogP contribution in [-0.4, -0.2) is 18.6 Å². The van der Waals surface area contributed by atoms with Crippen molar-refractivity contribution in [2.24, 2.45) is 0 Å². The Hall–Kier alpha value is -1.81. The molecule has 0 fully saturated rings. The predicted octanol–water partition coefficient (Wildman–Crippen LogP) is 3.53. The van der Waals surface area contributed by atoms with Crippen LogP contribution in [-0.2, 0) is 10.0 Å². The molecule has 0 atom stereocenters. The highest BCUT2D eigenvalue weighted by molar-refractivity contribution is 7.89. The number of rotatable bonds is 1. The molecule has 3 nitrogen and oxygen atoms in total. The van der Waals surface area contributed by atoms with Gasteiger partial charge in [-0.1, -0.05) is 17.7 Å². The van der Waals surface area contributed by atoms with E-state index in [9.17, 15) is 8.42 Å². The summed E-state index contributed by atoms with van der Waals surface area (Å²) in [6.07, 6.45) is 1.25. The van der Waals surface area contributed by atoms with E-state index in [1.807, 2.05) is 39.0 Å². The monoisotopic (exact) mass is 287 g/mol. The Kier molecular flexibility index (Phi) is 2.70. The van der Waals surface area contributed by atoms with Gasteiger partial charge in [-0.2, -0.15) is 0 Å². The Morgan fingerprint density at radius 2 is 1.60 bits per heavy atom. The fourth-order valence-corrected chi connectivity index (χ4v) is 3.99. The molecule has 3 aromatic rings. The smallest absolute Gasteiger partial charge is 0.236 e. The van der Waals surface area contributed by atoms with Gasteiger partial charge in [-0.25, -0.2) is 12.4 Å². The molecule has 0 spiro atoms. The van der Waals surface area contributed by atoms with Gasteiger partial charge in [0.05, 0.1) is 17.3 Å². The Labute approximate surface area is 118 Å². The van der Waals surface area contributed by atoms with Crippen LogP contribution >= 0.6 is 0 Å². The zero-order valence-corrected chi connectivity index (χ0v) is 12.9. The number of nitrogens with zero attached hydrogens (tertiary/aromatic N) is 1. The molecule has 0 radical (unpaired) electrons. The maximum atomic E-state index is 12.2. The normalized spacial score (nSPS) is 12.4. The molecule has 0 saturated carbocycles. The van der Waals surface area contributed by atoms with E-state index in [0.717, 1.165) is 38.5 Å². The van der Waals surface area contributed by atoms with Gasteiger partial charge in [-0.15, -0.1) is 0 Å². The van der Waals surface area contributed by atoms with Crippen LogP contribution in [0.4, 0.5) is 0 Å². The van der Waals surface area contributed by atoms with Crippen molar-refractivity contribution in [3.63, 3.8) is 0 Å². The summed E-state index contributed by atoms with van der Waals surface area (Å²) in [6, 6.07) is 9.93. The number of benzene rings is 2. The zero-order chi connectivity index (χ0) is 14.7. The van der Waals surface area contributed by atoms with Crippen molar-refractivity contribution in [2.75, 3.05) is 6.26 Å². The first-order valence-corrected chi connectivity index (χ1v) is 8.36. The number of fused-ring (bicyclic) bond motifs is 3. The SMILES string of the molecule is Cc1ccc2c(c1)c1c(C)cc(C)cc1n2S(C)(=O)=O. The summed E-state index contributed by atoms with van der Waals surface area (Å²) in [5.74, 6) is 0. The second kappa shape index (κ2) is 4.09. The van der Waals surface area contributed by atoms with Crippen molar-refractivity contribution in [2.45, 2.75) is 20.8 Å². The first-order chi connectivity index (χ1) is 9.29. The molecule has 0 aliphatic carbocycles. The molecule has 0 aliphatic rings. The number of aromatic nitrogens is 1. The van der Waals surface area contributed by atoms with Crippen LogP contribution in [0.25, 0.3) is 21.8 Å². The van der Waals surface area contributed by atoms with Gasteiger partial charge in [0.1, 0.15) is 0 Å². The molecule has 0 saturated heterocycles. The predicted molar refractivity (Wildman–Crippen MR) is 83.9 cm³/mol. The van der Waals surface area contributed by atoms with E-state index < -0.39 is 10.0 Å². The Bertz CT molecular complexity index is 950. The zero-order valence-electron chi connectivity index (χ0n) is 12.1. The summed E-state index contributed by atoms with van der Waals surface area (Å²) in [6.45, 7) is 6.04. The van der Waals surface area contributed by atoms with Gasteiger partial charge in [0.15, 0.2) is 0 Å². The third-order valence-corrected chi connectivity index (χ3v) is 4.71. The third kappa shape index (κ3) is 1.83. The first-order valence-electron chi connectivity index (χ1n) is 6.51. The summed E-state index contributed by atoms with van der Waals surface area (Å²) in [7, 11) is -3.34. The Balaban J connectivity index is 2.71. The lowest BCUT2D eigenvalue weighted by Crippen LogP contribution is -2.09. The largest absolute Gasteiger partial charge is 0.237 e. The molecular formula is C16H17NO2S. The van der Waals surface area contributed by atoms with Crippen LogP contribution in [0.3, 0.4) is 0 Å². The molecule has 104 valence electrons. The standard InChI is InChI=1S/C16H17NO2S/c1-10-5-6-14-13(8-10)16-12(3)7-11(2)9-15(16)17(14)20(4,18)19/h5-9H,1-4H3. The van der Waals surface area contributed by atoms with Gasteiger partial charge in [-0.05, 0) is 50.1 Å². The van der Waals surface area contributed by atoms with Gasteiger partial charge in [0.2, 0.25) is 10.0 Å². The van der Waals surface area contributed by atoms with E-state index in [4.69, 9.17) is 0 Å². The van der Waals surface area contributed by atoms with Gasteiger partial charge < -0.3 is 0 Å². The first kappa shape index (κ1) is 13.2. The lowest BCUT2D eigenvalue weighted by atomic mass is 10.0. The summed E-state index contributed by atoms with van der Waals surface area (Å²) in [5, 5.41) is 2.03. The van der Waals surface area contributed by atoms with Gasteiger partial charge in [0.25, 0.3) is 0 Å². The van der Waals surface area contributed by atoms with Crippen molar-refractivity contribution in [1.29, 1.82) is 0 Å². The summed E-state index contributed by atoms with van der Waals surface area (Å²) in [5.41, 5.74) is 4.83. The van der Waals surface area contributed by atoms with Crippen molar-refractivity contribution in [1.82, 2.24) is 3.97 Å². The van der Waals surface area contributed by atoms with Crippen LogP contribution in [0, 0.1) is 20.8 Å². The van der Waals surface area contributed by atoms with Crippen molar-refractivity contribution >= 4 is 31.8 Å². The maximum Gasteiger partial charge on any atom is 0.236 e. The van der Waals surface area contributed by atoms with E-state index in [2.05, 4.69) is 12.1 Å². The molecule has 0 aliphatic heterocycles. The molecule has 0 unspecified atom stereocenters. The highest BCUT2D eigenvalue weighted by Crippen LogP contribution is 2.33. The van der Waals surface area contributed by atoms with E-state index in [1.54, 1.807) is 0 Å². The molecule has 1 heterocycles. The van der Waals surface area contributed by atoms with Crippen LogP contribution in [0.5, 0.6) is 0 Å². The fraction of sp³-hybridized carbons (Fsp3) is 0.250. The molecule has 3 rings (SSSR count). The topological polar surface area (TPSA) is 39.1 Å². The minimum atomic E-state index is -3.34. The van der Waals surface area contributed by atoms with E-state index in [0.29, 0.717) is 0 Å². The van der Waals surface area contributed by atoms with Crippen LogP contribution < -0.4 is 0 Å². The molecule has 2 aromatic carbocycles. The molecule has 4 heteroatoms. The van der Waals surface area contributed by atoms with Crippen molar-refractivity contribution < 1.29 is 8.42 Å². The molecule has 0 N–H and O–H groups in total. The highest BCUT2D eigenvalue weighted by atomic mass is 32.2. The minimum absolute atomic E-state index is 0.752. The molecular weight excluding hydrogens is 270 g/mol. The van der Waals surface area contributed by atoms with E-state index in [1.165, 1.54) is 10.2 Å². The summed E-state index contributed by atoms with van der Waals surface area (Å²) < 4.78 is 25.8. The van der Waals surface area contributed by atoms with Gasteiger partial charge in [-0.3, -0.25) is 0 Å². The van der Waals surface area contributed by atoms with E-state index in [-0.39, 0.29) is 0 Å². The molecule has 20 heavy (non-hydrogen) atoms. The number of hydrogen-bond donors (Lipinski definition) is 0. The summed E-state index contributed by atoms with van der Waals surface area (Å²) in [4.78, 5) is 0. The van der Waals surface area contributed by atoms with Crippen molar-refractivity contribution in [3.8, 4) is 0 Å². The quantitative estimate of drug-likeness (QED) is 0.687. The molecule has 1 aromatic heterocycles. The van der Waals surface area contributed by atoms with Crippen LogP contribution in [0.1, 0.15) is 16.7 Å². The average Bonchev–Trinajstić information content (AvgIpc) is 2.61. The number of hydrogen-bond acceptors (Lipinski definition) is 2. The number of aryl methyl sites for hydroxylation is 3. The van der Waals surface area contributed by atoms with Crippen LogP contribution in [0.2, 0.25) is 0 Å². The minimum Gasteiger partial charge on any atom is -0.237 e. The third-order valence-electron chi connectivity index (χ3n) is 3.65. The summed E-state index contributed by atoms with van der Waals surface area (Å²) >= 11 is 0. The Morgan fingerprint density at radius 3 is 2.25 bits per heavy atom. The van der Waals surface area contributed by atoms with Crippen molar-refractivity contribution in [3.05, 3.63) is 47.0 Å². The fourth-order valence-electron chi connectivity index (χ4n) is 2.97.